The van der Waals surface area contributed by atoms with E-state index in [2.05, 4.69) is 21.5 Å². The Bertz CT molecular complexity index is 1160. The third-order valence-corrected chi connectivity index (χ3v) is 6.05. The number of amides is 1. The van der Waals surface area contributed by atoms with Crippen LogP contribution in [-0.2, 0) is 23.9 Å². The first kappa shape index (κ1) is 22.0. The summed E-state index contributed by atoms with van der Waals surface area (Å²) in [4.78, 5) is 16.7. The molecule has 2 heterocycles. The first-order valence-corrected chi connectivity index (χ1v) is 11.0. The smallest absolute Gasteiger partial charge is 0.352 e. The third-order valence-electron chi connectivity index (χ3n) is 4.95. The number of nitrogens with one attached hydrogen (secondary N) is 1. The Balaban J connectivity index is 1.19. The monoisotopic (exact) mass is 458 g/mol. The fourth-order valence-corrected chi connectivity index (χ4v) is 4.27. The number of fused-ring (bicyclic) bond motifs is 1. The molecule has 2 aromatic heterocycles. The van der Waals surface area contributed by atoms with Crippen LogP contribution in [0.4, 0.5) is 13.2 Å². The molecule has 4 aromatic rings. The highest BCUT2D eigenvalue weighted by atomic mass is 32.1. The van der Waals surface area contributed by atoms with Crippen molar-refractivity contribution in [3.8, 4) is 5.69 Å². The Labute approximate surface area is 186 Å². The van der Waals surface area contributed by atoms with Crippen LogP contribution in [0.5, 0.6) is 0 Å². The molecule has 0 fully saturated rings. The van der Waals surface area contributed by atoms with Gasteiger partial charge in [-0.25, -0.2) is 9.67 Å². The molecule has 0 atom stereocenters. The Hall–Kier alpha value is -3.20. The minimum Gasteiger partial charge on any atom is -0.352 e. The number of thiazole rings is 1. The summed E-state index contributed by atoms with van der Waals surface area (Å²) in [6.07, 6.45) is -0.223. The maximum absolute atomic E-state index is 12.7. The molecule has 1 N–H and O–H groups in total. The topological polar surface area (TPSA) is 59.8 Å². The summed E-state index contributed by atoms with van der Waals surface area (Å²) in [5.74, 6) is -0.0275. The molecule has 0 saturated carbocycles. The van der Waals surface area contributed by atoms with Crippen LogP contribution in [0.15, 0.2) is 60.8 Å². The average Bonchev–Trinajstić information content (AvgIpc) is 3.43. The van der Waals surface area contributed by atoms with Gasteiger partial charge in [0.1, 0.15) is 0 Å². The normalized spacial score (nSPS) is 11.7. The average molecular weight is 459 g/mol. The summed E-state index contributed by atoms with van der Waals surface area (Å²) < 4.78 is 40.4. The van der Waals surface area contributed by atoms with Crippen LogP contribution in [0.25, 0.3) is 15.9 Å². The number of rotatable bonds is 8. The number of carbonyl (C=O) groups excluding carboxylic acids is 1. The van der Waals surface area contributed by atoms with Crippen LogP contribution >= 0.6 is 11.3 Å². The fourth-order valence-electron chi connectivity index (χ4n) is 3.26. The zero-order valence-electron chi connectivity index (χ0n) is 17.1. The summed E-state index contributed by atoms with van der Waals surface area (Å²) in [7, 11) is 0. The van der Waals surface area contributed by atoms with Gasteiger partial charge < -0.3 is 5.32 Å². The SMILES string of the molecule is O=C(CCCCc1nc2ccccc2s1)NCc1ccc(-n2ccc(C(F)(F)F)n2)cc1. The van der Waals surface area contributed by atoms with Gasteiger partial charge in [-0.2, -0.15) is 18.3 Å². The number of aryl methyl sites for hydroxylation is 1. The van der Waals surface area contributed by atoms with Crippen LogP contribution in [0.3, 0.4) is 0 Å². The number of para-hydroxylation sites is 1. The van der Waals surface area contributed by atoms with Gasteiger partial charge in [-0.15, -0.1) is 11.3 Å². The molecule has 9 heteroatoms. The second kappa shape index (κ2) is 9.52. The molecule has 0 aliphatic carbocycles. The molecule has 0 saturated heterocycles. The molecule has 32 heavy (non-hydrogen) atoms. The van der Waals surface area contributed by atoms with Crippen molar-refractivity contribution in [1.82, 2.24) is 20.1 Å². The number of benzene rings is 2. The summed E-state index contributed by atoms with van der Waals surface area (Å²) >= 11 is 1.69. The molecule has 4 rings (SSSR count). The lowest BCUT2D eigenvalue weighted by atomic mass is 10.1. The number of halogens is 3. The van der Waals surface area contributed by atoms with Crippen molar-refractivity contribution in [2.24, 2.45) is 0 Å². The van der Waals surface area contributed by atoms with E-state index in [0.29, 0.717) is 18.7 Å². The lowest BCUT2D eigenvalue weighted by Crippen LogP contribution is -2.22. The van der Waals surface area contributed by atoms with E-state index >= 15 is 0 Å². The molecule has 1 amide bonds. The van der Waals surface area contributed by atoms with Crippen molar-refractivity contribution in [2.75, 3.05) is 0 Å². The summed E-state index contributed by atoms with van der Waals surface area (Å²) in [5.41, 5.74) is 1.46. The molecule has 5 nitrogen and oxygen atoms in total. The van der Waals surface area contributed by atoms with Crippen molar-refractivity contribution in [3.63, 3.8) is 0 Å². The predicted molar refractivity (Wildman–Crippen MR) is 118 cm³/mol. The molecule has 0 unspecified atom stereocenters. The standard InChI is InChI=1S/C23H21F3N4OS/c24-23(25,26)20-13-14-30(29-20)17-11-9-16(10-12-17)15-27-21(31)7-3-4-8-22-28-18-5-1-2-6-19(18)32-22/h1-2,5-6,9-14H,3-4,7-8,15H2,(H,27,31). The van der Waals surface area contributed by atoms with Crippen LogP contribution in [0.1, 0.15) is 35.5 Å². The molecule has 0 bridgehead atoms. The number of nitrogens with zero attached hydrogens (tertiary/aromatic N) is 3. The van der Waals surface area contributed by atoms with Gasteiger partial charge >= 0.3 is 6.18 Å². The Morgan fingerprint density at radius 3 is 2.53 bits per heavy atom. The van der Waals surface area contributed by atoms with E-state index in [1.54, 1.807) is 35.6 Å². The van der Waals surface area contributed by atoms with Gasteiger partial charge in [0.25, 0.3) is 0 Å². The van der Waals surface area contributed by atoms with Gasteiger partial charge in [-0.3, -0.25) is 4.79 Å². The van der Waals surface area contributed by atoms with E-state index in [1.807, 2.05) is 18.2 Å². The van der Waals surface area contributed by atoms with Gasteiger partial charge in [0, 0.05) is 19.2 Å². The van der Waals surface area contributed by atoms with Crippen LogP contribution in [0.2, 0.25) is 0 Å². The van der Waals surface area contributed by atoms with Gasteiger partial charge in [-0.05, 0) is 55.2 Å². The number of alkyl halides is 3. The lowest BCUT2D eigenvalue weighted by molar-refractivity contribution is -0.141. The Morgan fingerprint density at radius 2 is 1.81 bits per heavy atom. The quantitative estimate of drug-likeness (QED) is 0.353. The zero-order chi connectivity index (χ0) is 22.6. The van der Waals surface area contributed by atoms with Gasteiger partial charge in [0.15, 0.2) is 5.69 Å². The second-order valence-corrected chi connectivity index (χ2v) is 8.48. The molecule has 0 aliphatic heterocycles. The largest absolute Gasteiger partial charge is 0.435 e. The van der Waals surface area contributed by atoms with Crippen molar-refractivity contribution >= 4 is 27.5 Å². The number of hydrogen-bond acceptors (Lipinski definition) is 4. The van der Waals surface area contributed by atoms with Crippen molar-refractivity contribution in [1.29, 1.82) is 0 Å². The fraction of sp³-hybridized carbons (Fsp3) is 0.261. The maximum Gasteiger partial charge on any atom is 0.435 e. The first-order valence-electron chi connectivity index (χ1n) is 10.2. The van der Waals surface area contributed by atoms with Gasteiger partial charge in [0.05, 0.1) is 20.9 Å². The Kier molecular flexibility index (Phi) is 6.55. The van der Waals surface area contributed by atoms with Crippen LogP contribution in [0, 0.1) is 0 Å². The minimum absolute atomic E-state index is 0.0275. The van der Waals surface area contributed by atoms with E-state index in [0.717, 1.165) is 41.4 Å². The van der Waals surface area contributed by atoms with Gasteiger partial charge in [-0.1, -0.05) is 24.3 Å². The number of aromatic nitrogens is 3. The van der Waals surface area contributed by atoms with Crippen LogP contribution in [-0.4, -0.2) is 20.7 Å². The maximum atomic E-state index is 12.7. The molecule has 0 radical (unpaired) electrons. The molecular weight excluding hydrogens is 437 g/mol. The second-order valence-electron chi connectivity index (χ2n) is 7.37. The summed E-state index contributed by atoms with van der Waals surface area (Å²) in [6, 6.07) is 15.9. The molecular formula is C23H21F3N4OS. The highest BCUT2D eigenvalue weighted by Gasteiger charge is 2.33. The molecule has 2 aromatic carbocycles. The highest BCUT2D eigenvalue weighted by Crippen LogP contribution is 2.28. The van der Waals surface area contributed by atoms with Crippen LogP contribution < -0.4 is 5.32 Å². The number of hydrogen-bond donors (Lipinski definition) is 1. The molecule has 0 spiro atoms. The van der Waals surface area contributed by atoms with Crippen molar-refractivity contribution in [3.05, 3.63) is 77.1 Å². The summed E-state index contributed by atoms with van der Waals surface area (Å²) in [6.45, 7) is 0.365. The lowest BCUT2D eigenvalue weighted by Gasteiger charge is -2.07. The van der Waals surface area contributed by atoms with Crippen molar-refractivity contribution < 1.29 is 18.0 Å². The molecule has 166 valence electrons. The zero-order valence-corrected chi connectivity index (χ0v) is 17.9. The molecule has 0 aliphatic rings. The third kappa shape index (κ3) is 5.53. The number of unbranched alkanes of at least 4 members (excludes halogenated alkanes) is 1. The predicted octanol–water partition coefficient (Wildman–Crippen LogP) is 5.53. The summed E-state index contributed by atoms with van der Waals surface area (Å²) in [5, 5.41) is 7.52. The minimum atomic E-state index is -4.47. The number of carbonyl (C=O) groups is 1. The van der Waals surface area contributed by atoms with Crippen molar-refractivity contribution in [2.45, 2.75) is 38.4 Å². The van der Waals surface area contributed by atoms with E-state index in [9.17, 15) is 18.0 Å². The van der Waals surface area contributed by atoms with E-state index in [-0.39, 0.29) is 5.91 Å². The Morgan fingerprint density at radius 1 is 1.03 bits per heavy atom. The first-order chi connectivity index (χ1) is 15.4. The van der Waals surface area contributed by atoms with Gasteiger partial charge in [0.2, 0.25) is 5.91 Å². The van der Waals surface area contributed by atoms with E-state index in [1.165, 1.54) is 15.6 Å². The highest BCUT2D eigenvalue weighted by molar-refractivity contribution is 7.18. The van der Waals surface area contributed by atoms with E-state index < -0.39 is 11.9 Å². The van der Waals surface area contributed by atoms with E-state index in [4.69, 9.17) is 0 Å².